The van der Waals surface area contributed by atoms with Gasteiger partial charge in [0.05, 0.1) is 10.7 Å². The summed E-state index contributed by atoms with van der Waals surface area (Å²) in [6.07, 6.45) is -1.14. The predicted octanol–water partition coefficient (Wildman–Crippen LogP) is 6.06. The van der Waals surface area contributed by atoms with E-state index in [4.69, 9.17) is 81.8 Å². The average molecular weight is 506 g/mol. The Morgan fingerprint density at radius 3 is 2.22 bits per heavy atom. The summed E-state index contributed by atoms with van der Waals surface area (Å²) >= 11 is 40.9. The molecule has 0 saturated carbocycles. The van der Waals surface area contributed by atoms with Crippen molar-refractivity contribution in [3.05, 3.63) is 63.1 Å². The number of benzene rings is 2. The zero-order chi connectivity index (χ0) is 20.2. The Hall–Kier alpha value is -0.660. The number of hydrogen-bond acceptors (Lipinski definition) is 2. The SMILES string of the molecule is O=C(N[C@H](NC(=S)Nc1ccc(Cl)cc1Cl)C(Cl)(Cl)Cl)c1cccc(Cl)c1. The lowest BCUT2D eigenvalue weighted by atomic mass is 10.2. The standard InChI is InChI=1S/C16H11Cl6N3OS/c17-9-3-1-2-8(6-9)13(26)24-14(16(20,21)22)25-15(27)23-12-5-4-10(18)7-11(12)19/h1-7,14H,(H,24,26)(H2,23,25,27)/t14-/m1/s1. The smallest absolute Gasteiger partial charge is 0.253 e. The van der Waals surface area contributed by atoms with Crippen molar-refractivity contribution in [3.8, 4) is 0 Å². The first kappa shape index (κ1) is 22.6. The summed E-state index contributed by atoms with van der Waals surface area (Å²) in [5, 5.41) is 9.42. The Labute approximate surface area is 191 Å². The Morgan fingerprint density at radius 2 is 1.63 bits per heavy atom. The molecular formula is C16H11Cl6N3OS. The van der Waals surface area contributed by atoms with Crippen LogP contribution >= 0.6 is 81.8 Å². The maximum Gasteiger partial charge on any atom is 0.253 e. The molecule has 0 aromatic heterocycles. The van der Waals surface area contributed by atoms with Crippen LogP contribution in [0.4, 0.5) is 5.69 Å². The summed E-state index contributed by atoms with van der Waals surface area (Å²) < 4.78 is -1.90. The molecule has 0 aliphatic rings. The van der Waals surface area contributed by atoms with Crippen LogP contribution in [0.5, 0.6) is 0 Å². The summed E-state index contributed by atoms with van der Waals surface area (Å²) in [5.74, 6) is -0.506. The highest BCUT2D eigenvalue weighted by molar-refractivity contribution is 7.80. The van der Waals surface area contributed by atoms with Gasteiger partial charge < -0.3 is 16.0 Å². The molecule has 0 aliphatic carbocycles. The molecule has 4 nitrogen and oxygen atoms in total. The molecule has 3 N–H and O–H groups in total. The predicted molar refractivity (Wildman–Crippen MR) is 119 cm³/mol. The fourth-order valence-electron chi connectivity index (χ4n) is 1.92. The number of halogens is 6. The van der Waals surface area contributed by atoms with Gasteiger partial charge in [0.1, 0.15) is 6.17 Å². The third-order valence-corrected chi connectivity index (χ3v) is 4.80. The van der Waals surface area contributed by atoms with Crippen LogP contribution < -0.4 is 16.0 Å². The second-order valence-corrected chi connectivity index (χ2v) is 9.24. The molecule has 0 radical (unpaired) electrons. The number of carbonyl (C=O) groups is 1. The van der Waals surface area contributed by atoms with E-state index in [0.29, 0.717) is 26.3 Å². The van der Waals surface area contributed by atoms with Gasteiger partial charge in [-0.15, -0.1) is 0 Å². The summed E-state index contributed by atoms with van der Waals surface area (Å²) in [4.78, 5) is 12.4. The third kappa shape index (κ3) is 7.02. The zero-order valence-corrected chi connectivity index (χ0v) is 18.6. The number of nitrogens with one attached hydrogen (secondary N) is 3. The molecule has 144 valence electrons. The van der Waals surface area contributed by atoms with Gasteiger partial charge in [0.2, 0.25) is 3.79 Å². The molecule has 2 aromatic rings. The normalized spacial score (nSPS) is 12.2. The van der Waals surface area contributed by atoms with Crippen LogP contribution in [0.25, 0.3) is 0 Å². The van der Waals surface area contributed by atoms with E-state index < -0.39 is 15.9 Å². The van der Waals surface area contributed by atoms with E-state index >= 15 is 0 Å². The molecule has 0 unspecified atom stereocenters. The Balaban J connectivity index is 2.10. The van der Waals surface area contributed by atoms with Gasteiger partial charge in [-0.05, 0) is 48.6 Å². The van der Waals surface area contributed by atoms with Gasteiger partial charge in [0.15, 0.2) is 5.11 Å². The van der Waals surface area contributed by atoms with Crippen LogP contribution in [0.3, 0.4) is 0 Å². The third-order valence-electron chi connectivity index (χ3n) is 3.14. The summed E-state index contributed by atoms with van der Waals surface area (Å²) in [7, 11) is 0. The molecule has 0 bridgehead atoms. The summed E-state index contributed by atoms with van der Waals surface area (Å²) in [6.45, 7) is 0. The number of amides is 1. The molecule has 2 rings (SSSR count). The number of thiocarbonyl (C=S) groups is 1. The topological polar surface area (TPSA) is 53.2 Å². The first-order valence-electron chi connectivity index (χ1n) is 7.22. The van der Waals surface area contributed by atoms with Crippen molar-refractivity contribution in [1.29, 1.82) is 0 Å². The summed E-state index contributed by atoms with van der Waals surface area (Å²) in [6, 6.07) is 11.1. The van der Waals surface area contributed by atoms with Crippen molar-refractivity contribution in [2.75, 3.05) is 5.32 Å². The van der Waals surface area contributed by atoms with E-state index in [1.807, 2.05) is 0 Å². The Morgan fingerprint density at radius 1 is 0.963 bits per heavy atom. The van der Waals surface area contributed by atoms with Gasteiger partial charge in [0.25, 0.3) is 5.91 Å². The van der Waals surface area contributed by atoms with Crippen LogP contribution in [-0.2, 0) is 0 Å². The van der Waals surface area contributed by atoms with E-state index in [2.05, 4.69) is 16.0 Å². The maximum atomic E-state index is 12.4. The van der Waals surface area contributed by atoms with E-state index in [1.165, 1.54) is 6.07 Å². The fourth-order valence-corrected chi connectivity index (χ4v) is 3.13. The van der Waals surface area contributed by atoms with Gasteiger partial charge in [-0.25, -0.2) is 0 Å². The highest BCUT2D eigenvalue weighted by Crippen LogP contribution is 2.30. The molecule has 0 fully saturated rings. The van der Waals surface area contributed by atoms with Gasteiger partial charge in [-0.1, -0.05) is 75.7 Å². The van der Waals surface area contributed by atoms with E-state index in [0.717, 1.165) is 0 Å². The number of anilines is 1. The minimum absolute atomic E-state index is 0.0712. The van der Waals surface area contributed by atoms with Crippen molar-refractivity contribution >= 4 is 98.5 Å². The first-order chi connectivity index (χ1) is 12.6. The van der Waals surface area contributed by atoms with Crippen LogP contribution in [0.15, 0.2) is 42.5 Å². The van der Waals surface area contributed by atoms with Gasteiger partial charge in [-0.3, -0.25) is 4.79 Å². The lowest BCUT2D eigenvalue weighted by Crippen LogP contribution is -2.56. The molecule has 0 saturated heterocycles. The van der Waals surface area contributed by atoms with Gasteiger partial charge >= 0.3 is 0 Å². The number of carbonyl (C=O) groups excluding carboxylic acids is 1. The molecule has 1 amide bonds. The van der Waals surface area contributed by atoms with Crippen molar-refractivity contribution in [2.45, 2.75) is 9.96 Å². The van der Waals surface area contributed by atoms with Crippen molar-refractivity contribution in [2.24, 2.45) is 0 Å². The lowest BCUT2D eigenvalue weighted by Gasteiger charge is -2.28. The molecule has 2 aromatic carbocycles. The second-order valence-electron chi connectivity index (χ2n) is 5.18. The van der Waals surface area contributed by atoms with Crippen molar-refractivity contribution in [3.63, 3.8) is 0 Å². The Kier molecular flexibility index (Phi) is 8.13. The van der Waals surface area contributed by atoms with E-state index in [9.17, 15) is 4.79 Å². The van der Waals surface area contributed by atoms with E-state index in [1.54, 1.807) is 36.4 Å². The van der Waals surface area contributed by atoms with Crippen LogP contribution in [0.2, 0.25) is 15.1 Å². The zero-order valence-electron chi connectivity index (χ0n) is 13.2. The molecule has 11 heteroatoms. The molecule has 0 spiro atoms. The van der Waals surface area contributed by atoms with Crippen LogP contribution in [-0.4, -0.2) is 21.0 Å². The second kappa shape index (κ2) is 9.70. The number of alkyl halides is 3. The highest BCUT2D eigenvalue weighted by Gasteiger charge is 2.35. The van der Waals surface area contributed by atoms with Gasteiger partial charge in [-0.2, -0.15) is 0 Å². The maximum absolute atomic E-state index is 12.4. The number of hydrogen-bond donors (Lipinski definition) is 3. The molecule has 0 aliphatic heterocycles. The highest BCUT2D eigenvalue weighted by atomic mass is 35.6. The van der Waals surface area contributed by atoms with Crippen molar-refractivity contribution < 1.29 is 4.79 Å². The van der Waals surface area contributed by atoms with E-state index in [-0.39, 0.29) is 5.11 Å². The fraction of sp³-hybridized carbons (Fsp3) is 0.125. The summed E-state index contributed by atoms with van der Waals surface area (Å²) in [5.41, 5.74) is 0.783. The molecule has 1 atom stereocenters. The number of rotatable bonds is 4. The molecule has 27 heavy (non-hydrogen) atoms. The minimum atomic E-state index is -1.90. The largest absolute Gasteiger partial charge is 0.339 e. The van der Waals surface area contributed by atoms with Crippen LogP contribution in [0, 0.1) is 0 Å². The van der Waals surface area contributed by atoms with Crippen LogP contribution in [0.1, 0.15) is 10.4 Å². The monoisotopic (exact) mass is 503 g/mol. The minimum Gasteiger partial charge on any atom is -0.339 e. The Bertz CT molecular complexity index is 858. The quantitative estimate of drug-likeness (QED) is 0.268. The lowest BCUT2D eigenvalue weighted by molar-refractivity contribution is 0.0934. The average Bonchev–Trinajstić information content (AvgIpc) is 2.56. The van der Waals surface area contributed by atoms with Crippen molar-refractivity contribution in [1.82, 2.24) is 10.6 Å². The van der Waals surface area contributed by atoms with Gasteiger partial charge in [0, 0.05) is 15.6 Å². The first-order valence-corrected chi connectivity index (χ1v) is 9.89. The molecular weight excluding hydrogens is 495 g/mol. The molecule has 0 heterocycles.